The molecule has 1 aromatic carbocycles. The minimum absolute atomic E-state index is 0.0959. The first kappa shape index (κ1) is 20.4. The van der Waals surface area contributed by atoms with Gasteiger partial charge in [-0.25, -0.2) is 0 Å². The van der Waals surface area contributed by atoms with Crippen LogP contribution in [0, 0.1) is 19.8 Å². The van der Waals surface area contributed by atoms with E-state index in [0.717, 1.165) is 35.9 Å². The number of carbonyl (C=O) groups excluding carboxylic acids is 1. The summed E-state index contributed by atoms with van der Waals surface area (Å²) in [4.78, 5) is 15.1. The topological polar surface area (TPSA) is 67.6 Å². The van der Waals surface area contributed by atoms with Gasteiger partial charge in [0.05, 0.1) is 16.8 Å². The van der Waals surface area contributed by atoms with Gasteiger partial charge in [-0.3, -0.25) is 4.79 Å². The Kier molecular flexibility index (Phi) is 7.09. The minimum Gasteiger partial charge on any atom is -0.488 e. The summed E-state index contributed by atoms with van der Waals surface area (Å²) < 4.78 is 11.1. The van der Waals surface area contributed by atoms with E-state index in [2.05, 4.69) is 22.3 Å². The van der Waals surface area contributed by atoms with Gasteiger partial charge in [0.2, 0.25) is 0 Å². The normalized spacial score (nSPS) is 17.5. The number of rotatable bonds is 8. The fraction of sp³-hybridized carbons (Fsp3) is 0.545. The Labute approximate surface area is 167 Å². The molecule has 1 aliphatic heterocycles. The predicted octanol–water partition coefficient (Wildman–Crippen LogP) is 3.72. The molecular formula is C22H31N3O3. The van der Waals surface area contributed by atoms with Crippen molar-refractivity contribution in [3.8, 4) is 5.75 Å². The molecule has 6 nitrogen and oxygen atoms in total. The molecule has 2 aromatic rings. The molecule has 152 valence electrons. The van der Waals surface area contributed by atoms with E-state index in [4.69, 9.17) is 9.26 Å². The van der Waals surface area contributed by atoms with E-state index in [1.165, 1.54) is 25.9 Å². The summed E-state index contributed by atoms with van der Waals surface area (Å²) in [5.74, 6) is 2.00. The van der Waals surface area contributed by atoms with E-state index in [-0.39, 0.29) is 5.91 Å². The molecule has 1 unspecified atom stereocenters. The van der Waals surface area contributed by atoms with Crippen molar-refractivity contribution in [2.45, 2.75) is 46.6 Å². The largest absolute Gasteiger partial charge is 0.488 e. The van der Waals surface area contributed by atoms with Crippen molar-refractivity contribution < 1.29 is 14.1 Å². The lowest BCUT2D eigenvalue weighted by Crippen LogP contribution is -2.36. The molecule has 0 bridgehead atoms. The molecule has 1 saturated heterocycles. The zero-order valence-electron chi connectivity index (χ0n) is 17.2. The monoisotopic (exact) mass is 385 g/mol. The Morgan fingerprint density at radius 3 is 2.93 bits per heavy atom. The summed E-state index contributed by atoms with van der Waals surface area (Å²) >= 11 is 0. The summed E-state index contributed by atoms with van der Waals surface area (Å²) in [6, 6.07) is 7.34. The first-order valence-corrected chi connectivity index (χ1v) is 10.2. The van der Waals surface area contributed by atoms with Gasteiger partial charge in [0.1, 0.15) is 18.1 Å². The molecular weight excluding hydrogens is 354 g/mol. The van der Waals surface area contributed by atoms with Crippen molar-refractivity contribution in [2.75, 3.05) is 26.2 Å². The van der Waals surface area contributed by atoms with E-state index in [0.29, 0.717) is 24.5 Å². The Bertz CT molecular complexity index is 768. The molecule has 1 aliphatic rings. The highest BCUT2D eigenvalue weighted by Gasteiger charge is 2.17. The SMILES string of the molecule is Cc1noc(C)c1COc1ccccc1C(=O)NCCCN1CCCC(C)C1. The number of hydrogen-bond donors (Lipinski definition) is 1. The van der Waals surface area contributed by atoms with Crippen molar-refractivity contribution in [2.24, 2.45) is 5.92 Å². The Morgan fingerprint density at radius 1 is 1.36 bits per heavy atom. The van der Waals surface area contributed by atoms with E-state index < -0.39 is 0 Å². The van der Waals surface area contributed by atoms with Crippen LogP contribution in [0.4, 0.5) is 0 Å². The number of amides is 1. The summed E-state index contributed by atoms with van der Waals surface area (Å²) in [6.45, 7) is 10.4. The molecule has 2 heterocycles. The number of aryl methyl sites for hydroxylation is 2. The zero-order valence-corrected chi connectivity index (χ0v) is 17.2. The lowest BCUT2D eigenvalue weighted by atomic mass is 10.0. The molecule has 6 heteroatoms. The van der Waals surface area contributed by atoms with Crippen LogP contribution in [-0.4, -0.2) is 42.1 Å². The van der Waals surface area contributed by atoms with Crippen LogP contribution in [0.25, 0.3) is 0 Å². The smallest absolute Gasteiger partial charge is 0.255 e. The van der Waals surface area contributed by atoms with Gasteiger partial charge in [0.25, 0.3) is 5.91 Å². The van der Waals surface area contributed by atoms with Gasteiger partial charge >= 0.3 is 0 Å². The molecule has 0 saturated carbocycles. The third kappa shape index (κ3) is 5.35. The number of benzene rings is 1. The molecule has 1 aromatic heterocycles. The minimum atomic E-state index is -0.0959. The zero-order chi connectivity index (χ0) is 19.9. The van der Waals surface area contributed by atoms with Gasteiger partial charge in [-0.15, -0.1) is 0 Å². The van der Waals surface area contributed by atoms with Crippen LogP contribution >= 0.6 is 0 Å². The summed E-state index contributed by atoms with van der Waals surface area (Å²) in [5, 5.41) is 6.97. The number of hydrogen-bond acceptors (Lipinski definition) is 5. The number of likely N-dealkylation sites (tertiary alicyclic amines) is 1. The van der Waals surface area contributed by atoms with Gasteiger partial charge < -0.3 is 19.5 Å². The predicted molar refractivity (Wildman–Crippen MR) is 109 cm³/mol. The van der Waals surface area contributed by atoms with Gasteiger partial charge in [-0.2, -0.15) is 0 Å². The number of nitrogens with zero attached hydrogens (tertiary/aromatic N) is 2. The van der Waals surface area contributed by atoms with Gasteiger partial charge in [-0.1, -0.05) is 24.2 Å². The third-order valence-corrected chi connectivity index (χ3v) is 5.36. The van der Waals surface area contributed by atoms with Crippen molar-refractivity contribution >= 4 is 5.91 Å². The van der Waals surface area contributed by atoms with Crippen molar-refractivity contribution in [1.82, 2.24) is 15.4 Å². The van der Waals surface area contributed by atoms with E-state index in [1.807, 2.05) is 32.0 Å². The Morgan fingerprint density at radius 2 is 2.18 bits per heavy atom. The summed E-state index contributed by atoms with van der Waals surface area (Å²) in [6.07, 6.45) is 3.57. The molecule has 1 amide bonds. The fourth-order valence-electron chi connectivity index (χ4n) is 3.73. The second-order valence-corrected chi connectivity index (χ2v) is 7.75. The third-order valence-electron chi connectivity index (χ3n) is 5.36. The van der Waals surface area contributed by atoms with Crippen molar-refractivity contribution in [1.29, 1.82) is 0 Å². The fourth-order valence-corrected chi connectivity index (χ4v) is 3.73. The summed E-state index contributed by atoms with van der Waals surface area (Å²) in [5.41, 5.74) is 2.29. The summed E-state index contributed by atoms with van der Waals surface area (Å²) in [7, 11) is 0. The molecule has 1 N–H and O–H groups in total. The number of ether oxygens (including phenoxy) is 1. The molecule has 3 rings (SSSR count). The number of para-hydroxylation sites is 1. The lowest BCUT2D eigenvalue weighted by Gasteiger charge is -2.30. The van der Waals surface area contributed by atoms with Crippen molar-refractivity contribution in [3.05, 3.63) is 46.8 Å². The van der Waals surface area contributed by atoms with E-state index in [9.17, 15) is 4.79 Å². The number of piperidine rings is 1. The molecule has 28 heavy (non-hydrogen) atoms. The van der Waals surface area contributed by atoms with Crippen LogP contribution in [-0.2, 0) is 6.61 Å². The molecule has 1 fully saturated rings. The van der Waals surface area contributed by atoms with Gasteiger partial charge in [0.15, 0.2) is 0 Å². The van der Waals surface area contributed by atoms with Crippen LogP contribution in [0.2, 0.25) is 0 Å². The van der Waals surface area contributed by atoms with Crippen LogP contribution in [0.3, 0.4) is 0 Å². The van der Waals surface area contributed by atoms with Crippen molar-refractivity contribution in [3.63, 3.8) is 0 Å². The number of aromatic nitrogens is 1. The highest BCUT2D eigenvalue weighted by molar-refractivity contribution is 5.96. The number of carbonyl (C=O) groups is 1. The quantitative estimate of drug-likeness (QED) is 0.702. The van der Waals surface area contributed by atoms with Gasteiger partial charge in [-0.05, 0) is 64.3 Å². The average molecular weight is 386 g/mol. The average Bonchev–Trinajstić information content (AvgIpc) is 3.01. The number of nitrogens with one attached hydrogen (secondary N) is 1. The maximum Gasteiger partial charge on any atom is 0.255 e. The molecule has 1 atom stereocenters. The van der Waals surface area contributed by atoms with Crippen LogP contribution < -0.4 is 10.1 Å². The standard InChI is InChI=1S/C22H31N3O3/c1-16-8-6-12-25(14-16)13-7-11-23-22(26)19-9-4-5-10-21(19)27-15-20-17(2)24-28-18(20)3/h4-5,9-10,16H,6-8,11-15H2,1-3H3,(H,23,26). The Balaban J connectivity index is 1.49. The van der Waals surface area contributed by atoms with Crippen LogP contribution in [0.5, 0.6) is 5.75 Å². The second kappa shape index (κ2) is 9.73. The molecule has 0 radical (unpaired) electrons. The first-order valence-electron chi connectivity index (χ1n) is 10.2. The maximum atomic E-state index is 12.6. The molecule has 0 spiro atoms. The second-order valence-electron chi connectivity index (χ2n) is 7.75. The Hall–Kier alpha value is -2.34. The van der Waals surface area contributed by atoms with Crippen LogP contribution in [0.1, 0.15) is 53.6 Å². The molecule has 0 aliphatic carbocycles. The highest BCUT2D eigenvalue weighted by Crippen LogP contribution is 2.21. The van der Waals surface area contributed by atoms with Gasteiger partial charge in [0, 0.05) is 13.1 Å². The highest BCUT2D eigenvalue weighted by atomic mass is 16.5. The van der Waals surface area contributed by atoms with E-state index >= 15 is 0 Å². The van der Waals surface area contributed by atoms with E-state index in [1.54, 1.807) is 6.07 Å². The van der Waals surface area contributed by atoms with Crippen LogP contribution in [0.15, 0.2) is 28.8 Å². The maximum absolute atomic E-state index is 12.6. The first-order chi connectivity index (χ1) is 13.5. The lowest BCUT2D eigenvalue weighted by molar-refractivity contribution is 0.0945.